The number of carboxylic acid groups (broad SMARTS) is 1. The number of carbonyl (C=O) groups excluding carboxylic acids is 1. The summed E-state index contributed by atoms with van der Waals surface area (Å²) in [6, 6.07) is 23.2. The Kier molecular flexibility index (Phi) is 12.5. The molecule has 224 valence electrons. The summed E-state index contributed by atoms with van der Waals surface area (Å²) in [5.41, 5.74) is 5.85. The van der Waals surface area contributed by atoms with Gasteiger partial charge in [0, 0.05) is 23.5 Å². The van der Waals surface area contributed by atoms with Crippen LogP contribution in [-0.4, -0.2) is 81.7 Å². The summed E-state index contributed by atoms with van der Waals surface area (Å²) >= 11 is 0. The predicted octanol–water partition coefficient (Wildman–Crippen LogP) is 6.47. The second-order valence-corrected chi connectivity index (χ2v) is 10.9. The van der Waals surface area contributed by atoms with Gasteiger partial charge in [-0.05, 0) is 73.2 Å². The van der Waals surface area contributed by atoms with Crippen LogP contribution in [0.1, 0.15) is 63.5 Å². The first-order valence-corrected chi connectivity index (χ1v) is 14.1. The van der Waals surface area contributed by atoms with Crippen LogP contribution in [0.2, 0.25) is 0 Å². The van der Waals surface area contributed by atoms with Crippen LogP contribution in [-0.2, 0) is 11.3 Å². The van der Waals surface area contributed by atoms with E-state index < -0.39 is 24.6 Å². The number of aryl methyl sites for hydroxylation is 1. The molecule has 43 heavy (non-hydrogen) atoms. The largest absolute Gasteiger partial charge is 2.00 e. The zero-order valence-corrected chi connectivity index (χ0v) is 27.0. The minimum absolute atomic E-state index is 0. The Morgan fingerprint density at radius 3 is 2.09 bits per heavy atom. The first-order valence-electron chi connectivity index (χ1n) is 14.1. The van der Waals surface area contributed by atoms with Crippen LogP contribution in [0.25, 0.3) is 22.4 Å². The monoisotopic (exact) mass is 614 g/mol. The van der Waals surface area contributed by atoms with Gasteiger partial charge in [0.2, 0.25) is 0 Å². The topological polar surface area (TPSA) is 112 Å². The SMILES string of the molecule is Cc1ccc(-c2c(C(=O)Nc3ccccc3)c(C(C)C)n(CC[C@@H](O)C[C@@H](O)CC(=O)O)c2-c2ccc(F)cc2)cc1.[Ca+2].[H-].[H-]. The van der Waals surface area contributed by atoms with Gasteiger partial charge in [-0.3, -0.25) is 9.59 Å². The molecule has 4 N–H and O–H groups in total. The Labute approximate surface area is 284 Å². The van der Waals surface area contributed by atoms with Gasteiger partial charge in [0.05, 0.1) is 29.9 Å². The summed E-state index contributed by atoms with van der Waals surface area (Å²) < 4.78 is 16.1. The maximum Gasteiger partial charge on any atom is 2.00 e. The molecule has 0 saturated carbocycles. The van der Waals surface area contributed by atoms with Crippen molar-refractivity contribution >= 4 is 55.3 Å². The van der Waals surface area contributed by atoms with Crippen LogP contribution in [0.15, 0.2) is 78.9 Å². The van der Waals surface area contributed by atoms with Crippen molar-refractivity contribution < 1.29 is 32.2 Å². The van der Waals surface area contributed by atoms with E-state index >= 15 is 0 Å². The molecule has 4 aromatic rings. The maximum absolute atomic E-state index is 14.1. The molecule has 0 fully saturated rings. The number of carboxylic acids is 1. The van der Waals surface area contributed by atoms with Gasteiger partial charge in [-0.15, -0.1) is 0 Å². The van der Waals surface area contributed by atoms with E-state index in [9.17, 15) is 24.2 Å². The zero-order chi connectivity index (χ0) is 30.4. The van der Waals surface area contributed by atoms with Gasteiger partial charge in [0.15, 0.2) is 0 Å². The van der Waals surface area contributed by atoms with Gasteiger partial charge in [0.1, 0.15) is 5.82 Å². The molecule has 1 heterocycles. The summed E-state index contributed by atoms with van der Waals surface area (Å²) in [4.78, 5) is 25.1. The maximum atomic E-state index is 14.1. The number of carbonyl (C=O) groups is 2. The van der Waals surface area contributed by atoms with Crippen molar-refractivity contribution in [2.24, 2.45) is 0 Å². The third-order valence-corrected chi connectivity index (χ3v) is 7.21. The standard InChI is InChI=1S/C34H37FN2O5.Ca.2H/c1-21(2)32-31(34(42)36-26-7-5-4-6-8-26)30(23-11-9-22(3)10-12-23)33(24-13-15-25(35)16-14-24)37(32)18-17-27(38)19-28(39)20-29(40)41;;;/h4-16,21,27-28,38-39H,17-20H2,1-3H3,(H,36,42)(H,40,41);;;/q;+2;2*-1/t27-,28-;;;/m1.../s1. The number of para-hydroxylation sites is 1. The van der Waals surface area contributed by atoms with Crippen LogP contribution in [0.5, 0.6) is 0 Å². The number of aliphatic carboxylic acids is 1. The fourth-order valence-electron chi connectivity index (χ4n) is 5.32. The van der Waals surface area contributed by atoms with Crippen molar-refractivity contribution in [1.82, 2.24) is 4.57 Å². The van der Waals surface area contributed by atoms with Gasteiger partial charge < -0.3 is 28.1 Å². The summed E-state index contributed by atoms with van der Waals surface area (Å²) in [7, 11) is 0. The molecule has 0 saturated heterocycles. The van der Waals surface area contributed by atoms with E-state index in [0.717, 1.165) is 16.8 Å². The fraction of sp³-hybridized carbons (Fsp3) is 0.294. The number of halogens is 1. The van der Waals surface area contributed by atoms with Gasteiger partial charge in [-0.25, -0.2) is 4.39 Å². The molecular weight excluding hydrogens is 575 g/mol. The molecule has 0 radical (unpaired) electrons. The number of aliphatic hydroxyl groups excluding tert-OH is 2. The Balaban J connectivity index is 0.00000337. The number of hydrogen-bond donors (Lipinski definition) is 4. The summed E-state index contributed by atoms with van der Waals surface area (Å²) in [5.74, 6) is -1.94. The zero-order valence-electron chi connectivity index (χ0n) is 26.8. The molecule has 0 aliphatic rings. The minimum atomic E-state index is -1.18. The molecule has 0 aliphatic carbocycles. The van der Waals surface area contributed by atoms with Crippen LogP contribution >= 0.6 is 0 Å². The molecule has 0 unspecified atom stereocenters. The number of benzene rings is 3. The molecule has 9 heteroatoms. The van der Waals surface area contributed by atoms with Crippen LogP contribution in [0.3, 0.4) is 0 Å². The van der Waals surface area contributed by atoms with Crippen LogP contribution < -0.4 is 5.32 Å². The van der Waals surface area contributed by atoms with E-state index in [1.54, 1.807) is 12.1 Å². The van der Waals surface area contributed by atoms with Crippen molar-refractivity contribution in [1.29, 1.82) is 0 Å². The average molecular weight is 615 g/mol. The van der Waals surface area contributed by atoms with Gasteiger partial charge >= 0.3 is 43.7 Å². The number of nitrogens with one attached hydrogen (secondary N) is 1. The Hall–Kier alpha value is -3.01. The molecule has 4 rings (SSSR count). The predicted molar refractivity (Wildman–Crippen MR) is 170 cm³/mol. The number of aliphatic hydroxyl groups is 2. The number of rotatable bonds is 12. The van der Waals surface area contributed by atoms with Gasteiger partial charge in [-0.1, -0.05) is 61.9 Å². The van der Waals surface area contributed by atoms with E-state index in [-0.39, 0.29) is 77.6 Å². The minimum Gasteiger partial charge on any atom is -1.00 e. The molecule has 0 spiro atoms. The fourth-order valence-corrected chi connectivity index (χ4v) is 5.32. The molecular formula is C34H39CaFN2O5. The molecule has 0 aliphatic heterocycles. The van der Waals surface area contributed by atoms with E-state index in [4.69, 9.17) is 5.11 Å². The number of aromatic nitrogens is 1. The summed E-state index contributed by atoms with van der Waals surface area (Å²) in [6.07, 6.45) is -2.51. The van der Waals surface area contributed by atoms with Crippen LogP contribution in [0, 0.1) is 12.7 Å². The summed E-state index contributed by atoms with van der Waals surface area (Å²) in [6.45, 7) is 6.24. The number of anilines is 1. The average Bonchev–Trinajstić information content (AvgIpc) is 3.28. The van der Waals surface area contributed by atoms with Crippen molar-refractivity contribution in [2.75, 3.05) is 5.32 Å². The van der Waals surface area contributed by atoms with E-state index in [1.165, 1.54) is 12.1 Å². The number of amides is 1. The number of nitrogens with zero attached hydrogens (tertiary/aromatic N) is 1. The first kappa shape index (κ1) is 34.5. The quantitative estimate of drug-likeness (QED) is 0.137. The van der Waals surface area contributed by atoms with Crippen molar-refractivity contribution in [3.63, 3.8) is 0 Å². The first-order chi connectivity index (χ1) is 20.0. The second kappa shape index (κ2) is 15.6. The van der Waals surface area contributed by atoms with Crippen LogP contribution in [0.4, 0.5) is 10.1 Å². The molecule has 2 atom stereocenters. The Morgan fingerprint density at radius 2 is 1.51 bits per heavy atom. The molecule has 1 amide bonds. The van der Waals surface area contributed by atoms with Crippen molar-refractivity contribution in [3.8, 4) is 22.4 Å². The van der Waals surface area contributed by atoms with E-state index in [1.807, 2.05) is 79.9 Å². The summed E-state index contributed by atoms with van der Waals surface area (Å²) in [5, 5.41) is 32.9. The molecule has 3 aromatic carbocycles. The van der Waals surface area contributed by atoms with Crippen molar-refractivity contribution in [2.45, 2.75) is 64.7 Å². The molecule has 7 nitrogen and oxygen atoms in total. The number of hydrogen-bond acceptors (Lipinski definition) is 4. The van der Waals surface area contributed by atoms with Gasteiger partial charge in [-0.2, -0.15) is 0 Å². The van der Waals surface area contributed by atoms with E-state index in [2.05, 4.69) is 5.32 Å². The molecule has 0 bridgehead atoms. The molecule has 1 aromatic heterocycles. The van der Waals surface area contributed by atoms with E-state index in [0.29, 0.717) is 28.1 Å². The van der Waals surface area contributed by atoms with Crippen molar-refractivity contribution in [3.05, 3.63) is 102 Å². The smallest absolute Gasteiger partial charge is 1.00 e. The Bertz CT molecular complexity index is 1530. The Morgan fingerprint density at radius 1 is 0.907 bits per heavy atom. The second-order valence-electron chi connectivity index (χ2n) is 10.9. The normalized spacial score (nSPS) is 12.4. The van der Waals surface area contributed by atoms with Gasteiger partial charge in [0.25, 0.3) is 5.91 Å². The third-order valence-electron chi connectivity index (χ3n) is 7.21. The third kappa shape index (κ3) is 8.77.